The first-order valence-electron chi connectivity index (χ1n) is 16.7. The van der Waals surface area contributed by atoms with Crippen LogP contribution in [0.1, 0.15) is 88.2 Å². The van der Waals surface area contributed by atoms with Crippen molar-refractivity contribution in [3.05, 3.63) is 35.4 Å². The maximum Gasteiger partial charge on any atom is 0.130 e. The van der Waals surface area contributed by atoms with Crippen LogP contribution in [0.15, 0.2) is 24.3 Å². The van der Waals surface area contributed by atoms with Crippen LogP contribution in [-0.4, -0.2) is 38.6 Å². The second-order valence-electron chi connectivity index (χ2n) is 15.9. The summed E-state index contributed by atoms with van der Waals surface area (Å²) in [5.41, 5.74) is 3.82. The Labute approximate surface area is 238 Å². The van der Waals surface area contributed by atoms with E-state index in [2.05, 4.69) is 24.3 Å². The predicted octanol–water partition coefficient (Wildman–Crippen LogP) is 7.33. The van der Waals surface area contributed by atoms with E-state index in [1.54, 1.807) is 11.1 Å². The largest absolute Gasteiger partial charge is 0.490 e. The van der Waals surface area contributed by atoms with Gasteiger partial charge in [-0.05, 0) is 129 Å². The minimum atomic E-state index is 0.244. The first-order chi connectivity index (χ1) is 19.6. The van der Waals surface area contributed by atoms with E-state index in [0.717, 1.165) is 60.2 Å². The highest BCUT2D eigenvalue weighted by Crippen LogP contribution is 2.64. The van der Waals surface area contributed by atoms with Gasteiger partial charge in [0.25, 0.3) is 0 Å². The highest BCUT2D eigenvalue weighted by Gasteiger charge is 2.54. The first kappa shape index (κ1) is 23.7. The number of hydrogen-bond donors (Lipinski definition) is 0. The van der Waals surface area contributed by atoms with Gasteiger partial charge >= 0.3 is 0 Å². The zero-order chi connectivity index (χ0) is 26.1. The van der Waals surface area contributed by atoms with E-state index in [-0.39, 0.29) is 17.6 Å². The molecule has 40 heavy (non-hydrogen) atoms. The van der Waals surface area contributed by atoms with Crippen molar-refractivity contribution in [1.29, 1.82) is 0 Å². The number of ether oxygens (including phenoxy) is 4. The van der Waals surface area contributed by atoms with Crippen LogP contribution in [0.25, 0.3) is 10.8 Å². The van der Waals surface area contributed by atoms with Crippen LogP contribution in [0.3, 0.4) is 0 Å². The molecule has 8 saturated carbocycles. The van der Waals surface area contributed by atoms with E-state index in [1.807, 2.05) is 0 Å². The molecule has 212 valence electrons. The van der Waals surface area contributed by atoms with Gasteiger partial charge in [0.2, 0.25) is 0 Å². The topological polar surface area (TPSA) is 43.5 Å². The standard InChI is InChI=1S/C36H44O4/c1-2-30-31(9-27(1)35-11-21-3-22(12-35)5-23(4-21)13-35)34(36-14-24-6-25(15-36)8-26(7-24)16-36)33(40-20-29-18-38-29)10-32(30)39-19-28-17-37-28/h1-2,9-10,21-26,28-29H,3-8,11-20H2. The van der Waals surface area contributed by atoms with Gasteiger partial charge in [0.15, 0.2) is 0 Å². The van der Waals surface area contributed by atoms with E-state index in [0.29, 0.717) is 18.6 Å². The van der Waals surface area contributed by atoms with Crippen molar-refractivity contribution in [3.63, 3.8) is 0 Å². The van der Waals surface area contributed by atoms with Gasteiger partial charge in [-0.2, -0.15) is 0 Å². The van der Waals surface area contributed by atoms with Crippen molar-refractivity contribution in [3.8, 4) is 11.5 Å². The van der Waals surface area contributed by atoms with E-state index in [1.165, 1.54) is 87.8 Å². The maximum absolute atomic E-state index is 6.77. The molecule has 10 aliphatic rings. The molecule has 12 rings (SSSR count). The molecule has 0 spiro atoms. The first-order valence-corrected chi connectivity index (χ1v) is 16.7. The van der Waals surface area contributed by atoms with Gasteiger partial charge in [-0.15, -0.1) is 0 Å². The van der Waals surface area contributed by atoms with Gasteiger partial charge in [0, 0.05) is 22.4 Å². The molecular formula is C36H44O4. The molecule has 0 N–H and O–H groups in total. The molecule has 0 radical (unpaired) electrons. The minimum absolute atomic E-state index is 0.244. The molecule has 2 heterocycles. The average molecular weight is 541 g/mol. The van der Waals surface area contributed by atoms with Gasteiger partial charge < -0.3 is 18.9 Å². The second kappa shape index (κ2) is 8.40. The van der Waals surface area contributed by atoms with Crippen molar-refractivity contribution >= 4 is 10.8 Å². The number of benzene rings is 2. The van der Waals surface area contributed by atoms with Crippen molar-refractivity contribution in [2.45, 2.75) is 100 Å². The average Bonchev–Trinajstić information content (AvgIpc) is 3.84. The van der Waals surface area contributed by atoms with Gasteiger partial charge in [-0.3, -0.25) is 0 Å². The number of fused-ring (bicyclic) bond motifs is 1. The Kier molecular flexibility index (Phi) is 4.99. The maximum atomic E-state index is 6.77. The zero-order valence-corrected chi connectivity index (χ0v) is 23.9. The molecule has 8 bridgehead atoms. The lowest BCUT2D eigenvalue weighted by atomic mass is 9.47. The molecule has 0 amide bonds. The monoisotopic (exact) mass is 540 g/mol. The molecule has 2 aromatic rings. The van der Waals surface area contributed by atoms with Crippen LogP contribution in [0.2, 0.25) is 0 Å². The molecular weight excluding hydrogens is 496 g/mol. The molecule has 4 nitrogen and oxygen atoms in total. The van der Waals surface area contributed by atoms with Crippen molar-refractivity contribution in [2.24, 2.45) is 35.5 Å². The number of hydrogen-bond acceptors (Lipinski definition) is 4. The molecule has 0 aromatic heterocycles. The molecule has 10 fully saturated rings. The molecule has 2 unspecified atom stereocenters. The van der Waals surface area contributed by atoms with E-state index in [9.17, 15) is 0 Å². The summed E-state index contributed by atoms with van der Waals surface area (Å²) in [6, 6.07) is 9.91. The summed E-state index contributed by atoms with van der Waals surface area (Å²) in [7, 11) is 0. The van der Waals surface area contributed by atoms with Crippen molar-refractivity contribution in [1.82, 2.24) is 0 Å². The summed E-state index contributed by atoms with van der Waals surface area (Å²) in [6.07, 6.45) is 17.6. The Morgan fingerprint density at radius 1 is 0.575 bits per heavy atom. The lowest BCUT2D eigenvalue weighted by molar-refractivity contribution is -0.00630. The normalized spacial score (nSPS) is 45.3. The SMILES string of the molecule is c1cc2c(OCC3CO3)cc(OCC3CO3)c(C34CC5CC(CC(C5)C3)C4)c2cc1C12CC3CC(CC(C3)C1)C2. The summed E-state index contributed by atoms with van der Waals surface area (Å²) < 4.78 is 24.4. The zero-order valence-electron chi connectivity index (χ0n) is 23.9. The Morgan fingerprint density at radius 3 is 1.55 bits per heavy atom. The summed E-state index contributed by atoms with van der Waals surface area (Å²) in [5.74, 6) is 7.64. The third-order valence-electron chi connectivity index (χ3n) is 12.9. The van der Waals surface area contributed by atoms with Gasteiger partial charge in [-0.25, -0.2) is 0 Å². The summed E-state index contributed by atoms with van der Waals surface area (Å²) in [6.45, 7) is 2.94. The van der Waals surface area contributed by atoms with Crippen LogP contribution >= 0.6 is 0 Å². The van der Waals surface area contributed by atoms with E-state index < -0.39 is 0 Å². The number of epoxide rings is 2. The van der Waals surface area contributed by atoms with Crippen molar-refractivity contribution < 1.29 is 18.9 Å². The fourth-order valence-electron chi connectivity index (χ4n) is 12.1. The summed E-state index contributed by atoms with van der Waals surface area (Å²) in [5, 5.41) is 2.76. The minimum Gasteiger partial charge on any atom is -0.490 e. The van der Waals surface area contributed by atoms with Gasteiger partial charge in [0.1, 0.15) is 36.9 Å². The van der Waals surface area contributed by atoms with E-state index >= 15 is 0 Å². The van der Waals surface area contributed by atoms with Crippen LogP contribution in [0, 0.1) is 35.5 Å². The second-order valence-corrected chi connectivity index (χ2v) is 15.9. The third-order valence-corrected chi connectivity index (χ3v) is 12.9. The Morgan fingerprint density at radius 2 is 1.05 bits per heavy atom. The van der Waals surface area contributed by atoms with Gasteiger partial charge in [-0.1, -0.05) is 18.2 Å². The molecule has 2 atom stereocenters. The Bertz CT molecular complexity index is 1280. The highest BCUT2D eigenvalue weighted by atomic mass is 16.6. The highest BCUT2D eigenvalue weighted by molar-refractivity contribution is 5.95. The van der Waals surface area contributed by atoms with Crippen LogP contribution in [0.5, 0.6) is 11.5 Å². The van der Waals surface area contributed by atoms with Crippen LogP contribution in [-0.2, 0) is 20.3 Å². The lowest BCUT2D eigenvalue weighted by Gasteiger charge is -2.58. The quantitative estimate of drug-likeness (QED) is 0.329. The van der Waals surface area contributed by atoms with E-state index in [4.69, 9.17) is 18.9 Å². The molecule has 8 aliphatic carbocycles. The summed E-state index contributed by atoms with van der Waals surface area (Å²) >= 11 is 0. The Hall–Kier alpha value is -1.78. The fraction of sp³-hybridized carbons (Fsp3) is 0.722. The van der Waals surface area contributed by atoms with Crippen molar-refractivity contribution in [2.75, 3.05) is 26.4 Å². The predicted molar refractivity (Wildman–Crippen MR) is 154 cm³/mol. The smallest absolute Gasteiger partial charge is 0.130 e. The Balaban J connectivity index is 1.16. The van der Waals surface area contributed by atoms with Gasteiger partial charge in [0.05, 0.1) is 13.2 Å². The lowest BCUT2D eigenvalue weighted by Crippen LogP contribution is -2.49. The molecule has 2 aromatic carbocycles. The summed E-state index contributed by atoms with van der Waals surface area (Å²) in [4.78, 5) is 0. The molecule has 4 heteroatoms. The number of rotatable bonds is 8. The third kappa shape index (κ3) is 3.77. The molecule has 2 saturated heterocycles. The van der Waals surface area contributed by atoms with Crippen LogP contribution < -0.4 is 9.47 Å². The van der Waals surface area contributed by atoms with Crippen LogP contribution in [0.4, 0.5) is 0 Å². The molecule has 2 aliphatic heterocycles. The fourth-order valence-corrected chi connectivity index (χ4v) is 12.1.